The molecule has 1 aromatic rings. The van der Waals surface area contributed by atoms with Crippen LogP contribution in [0, 0.1) is 0 Å². The first-order chi connectivity index (χ1) is 12.4. The van der Waals surface area contributed by atoms with Crippen molar-refractivity contribution in [2.45, 2.75) is 13.0 Å². The Balaban J connectivity index is 1.67. The Kier molecular flexibility index (Phi) is 4.97. The lowest BCUT2D eigenvalue weighted by Gasteiger charge is -2.45. The van der Waals surface area contributed by atoms with Crippen molar-refractivity contribution in [3.05, 3.63) is 42.0 Å². The SMILES string of the molecule is C=C(C)COc1ccc(C(=O)N2CCN3C(=O)CN(C)C(=O)[C@@H]3C2)cc1. The number of nitrogens with zero attached hydrogens (tertiary/aromatic N) is 3. The van der Waals surface area contributed by atoms with Gasteiger partial charge in [-0.05, 0) is 36.8 Å². The van der Waals surface area contributed by atoms with Gasteiger partial charge in [0, 0.05) is 25.7 Å². The first-order valence-corrected chi connectivity index (χ1v) is 8.58. The van der Waals surface area contributed by atoms with Crippen LogP contribution < -0.4 is 4.74 Å². The van der Waals surface area contributed by atoms with Crippen LogP contribution in [0.3, 0.4) is 0 Å². The zero-order valence-electron chi connectivity index (χ0n) is 15.1. The lowest BCUT2D eigenvalue weighted by Crippen LogP contribution is -2.66. The zero-order valence-corrected chi connectivity index (χ0v) is 15.1. The van der Waals surface area contributed by atoms with Gasteiger partial charge in [0.05, 0.1) is 13.1 Å². The lowest BCUT2D eigenvalue weighted by atomic mass is 10.1. The number of carbonyl (C=O) groups excluding carboxylic acids is 3. The molecule has 138 valence electrons. The summed E-state index contributed by atoms with van der Waals surface area (Å²) in [6.45, 7) is 7.23. The quantitative estimate of drug-likeness (QED) is 0.747. The molecular formula is C19H23N3O4. The second-order valence-electron chi connectivity index (χ2n) is 6.82. The smallest absolute Gasteiger partial charge is 0.254 e. The monoisotopic (exact) mass is 357 g/mol. The predicted molar refractivity (Wildman–Crippen MR) is 95.8 cm³/mol. The number of piperazine rings is 2. The van der Waals surface area contributed by atoms with Gasteiger partial charge in [0.15, 0.2) is 0 Å². The van der Waals surface area contributed by atoms with Crippen molar-refractivity contribution >= 4 is 17.7 Å². The number of fused-ring (bicyclic) bond motifs is 1. The summed E-state index contributed by atoms with van der Waals surface area (Å²) in [6, 6.07) is 6.33. The van der Waals surface area contributed by atoms with Crippen LogP contribution in [0.5, 0.6) is 5.75 Å². The van der Waals surface area contributed by atoms with Gasteiger partial charge in [0.25, 0.3) is 5.91 Å². The Morgan fingerprint density at radius 2 is 1.92 bits per heavy atom. The second kappa shape index (κ2) is 7.19. The molecule has 3 amide bonds. The van der Waals surface area contributed by atoms with E-state index >= 15 is 0 Å². The summed E-state index contributed by atoms with van der Waals surface area (Å²) in [7, 11) is 1.61. The summed E-state index contributed by atoms with van der Waals surface area (Å²) in [4.78, 5) is 41.8. The van der Waals surface area contributed by atoms with E-state index in [9.17, 15) is 14.4 Å². The summed E-state index contributed by atoms with van der Waals surface area (Å²) in [5, 5.41) is 0. The average molecular weight is 357 g/mol. The Labute approximate surface area is 152 Å². The molecule has 1 atom stereocenters. The van der Waals surface area contributed by atoms with Gasteiger partial charge in [0.1, 0.15) is 18.4 Å². The van der Waals surface area contributed by atoms with Gasteiger partial charge in [-0.1, -0.05) is 6.58 Å². The van der Waals surface area contributed by atoms with Crippen LogP contribution in [0.15, 0.2) is 36.4 Å². The van der Waals surface area contributed by atoms with E-state index in [1.807, 2.05) is 6.92 Å². The van der Waals surface area contributed by atoms with E-state index < -0.39 is 6.04 Å². The zero-order chi connectivity index (χ0) is 18.8. The highest BCUT2D eigenvalue weighted by Crippen LogP contribution is 2.20. The predicted octanol–water partition coefficient (Wildman–Crippen LogP) is 0.767. The third-order valence-corrected chi connectivity index (χ3v) is 4.61. The first-order valence-electron chi connectivity index (χ1n) is 8.58. The van der Waals surface area contributed by atoms with Crippen LogP contribution in [-0.2, 0) is 9.59 Å². The van der Waals surface area contributed by atoms with E-state index in [2.05, 4.69) is 6.58 Å². The highest BCUT2D eigenvalue weighted by atomic mass is 16.5. The van der Waals surface area contributed by atoms with Crippen LogP contribution >= 0.6 is 0 Å². The minimum absolute atomic E-state index is 0.0665. The molecule has 0 saturated carbocycles. The molecule has 1 aromatic carbocycles. The number of ether oxygens (including phenoxy) is 1. The minimum atomic E-state index is -0.586. The fraction of sp³-hybridized carbons (Fsp3) is 0.421. The van der Waals surface area contributed by atoms with Gasteiger partial charge in [-0.2, -0.15) is 0 Å². The Bertz CT molecular complexity index is 744. The van der Waals surface area contributed by atoms with Gasteiger partial charge in [-0.25, -0.2) is 0 Å². The number of rotatable bonds is 4. The van der Waals surface area contributed by atoms with E-state index in [1.165, 1.54) is 4.90 Å². The van der Waals surface area contributed by atoms with Crippen LogP contribution in [0.25, 0.3) is 0 Å². The fourth-order valence-corrected chi connectivity index (χ4v) is 3.19. The maximum atomic E-state index is 12.8. The molecule has 26 heavy (non-hydrogen) atoms. The number of benzene rings is 1. The molecule has 0 unspecified atom stereocenters. The Morgan fingerprint density at radius 3 is 2.58 bits per heavy atom. The summed E-state index contributed by atoms with van der Waals surface area (Å²) in [6.07, 6.45) is 0. The Hall–Kier alpha value is -2.83. The highest BCUT2D eigenvalue weighted by Gasteiger charge is 2.42. The van der Waals surface area contributed by atoms with Gasteiger partial charge in [-0.15, -0.1) is 0 Å². The maximum Gasteiger partial charge on any atom is 0.254 e. The standard InChI is InChI=1S/C19H23N3O4/c1-13(2)12-26-15-6-4-14(5-7-15)18(24)21-8-9-22-16(10-21)19(25)20(3)11-17(22)23/h4-7,16H,1,8-12H2,2-3H3/t16-/m0/s1. The van der Waals surface area contributed by atoms with Crippen molar-refractivity contribution in [3.63, 3.8) is 0 Å². The van der Waals surface area contributed by atoms with E-state index in [1.54, 1.807) is 41.1 Å². The molecule has 2 fully saturated rings. The van der Waals surface area contributed by atoms with Crippen molar-refractivity contribution in [2.75, 3.05) is 39.8 Å². The molecule has 3 rings (SSSR count). The Morgan fingerprint density at radius 1 is 1.23 bits per heavy atom. The third kappa shape index (κ3) is 3.56. The molecule has 7 heteroatoms. The van der Waals surface area contributed by atoms with Crippen molar-refractivity contribution in [2.24, 2.45) is 0 Å². The highest BCUT2D eigenvalue weighted by molar-refractivity contribution is 5.98. The molecule has 0 spiro atoms. The summed E-state index contributed by atoms with van der Waals surface area (Å²) in [5.41, 5.74) is 1.45. The topological polar surface area (TPSA) is 70.2 Å². The van der Waals surface area contributed by atoms with E-state index in [-0.39, 0.29) is 30.8 Å². The molecule has 2 aliphatic heterocycles. The minimum Gasteiger partial charge on any atom is -0.489 e. The summed E-state index contributed by atoms with van der Waals surface area (Å²) >= 11 is 0. The number of carbonyl (C=O) groups is 3. The van der Waals surface area contributed by atoms with Crippen molar-refractivity contribution in [3.8, 4) is 5.75 Å². The number of likely N-dealkylation sites (N-methyl/N-ethyl adjacent to an activating group) is 1. The molecule has 0 radical (unpaired) electrons. The molecule has 0 aliphatic carbocycles. The van der Waals surface area contributed by atoms with Crippen molar-refractivity contribution in [1.29, 1.82) is 0 Å². The largest absolute Gasteiger partial charge is 0.489 e. The van der Waals surface area contributed by atoms with Crippen LogP contribution in [0.4, 0.5) is 0 Å². The normalized spacial score (nSPS) is 20.1. The van der Waals surface area contributed by atoms with Crippen molar-refractivity contribution in [1.82, 2.24) is 14.7 Å². The molecule has 2 saturated heterocycles. The molecular weight excluding hydrogens is 334 g/mol. The van der Waals surface area contributed by atoms with Gasteiger partial charge < -0.3 is 19.4 Å². The van der Waals surface area contributed by atoms with E-state index in [0.717, 1.165) is 5.57 Å². The van der Waals surface area contributed by atoms with Gasteiger partial charge in [-0.3, -0.25) is 14.4 Å². The molecule has 7 nitrogen and oxygen atoms in total. The molecule has 2 heterocycles. The maximum absolute atomic E-state index is 12.8. The second-order valence-corrected chi connectivity index (χ2v) is 6.82. The number of hydrogen-bond acceptors (Lipinski definition) is 4. The van der Waals surface area contributed by atoms with E-state index in [4.69, 9.17) is 4.74 Å². The molecule has 0 aromatic heterocycles. The lowest BCUT2D eigenvalue weighted by molar-refractivity contribution is -0.157. The van der Waals surface area contributed by atoms with Gasteiger partial charge in [0.2, 0.25) is 11.8 Å². The number of amides is 3. The third-order valence-electron chi connectivity index (χ3n) is 4.61. The summed E-state index contributed by atoms with van der Waals surface area (Å²) < 4.78 is 5.54. The molecule has 0 bridgehead atoms. The summed E-state index contributed by atoms with van der Waals surface area (Å²) in [5.74, 6) is 0.336. The van der Waals surface area contributed by atoms with Crippen LogP contribution in [-0.4, -0.2) is 78.3 Å². The van der Waals surface area contributed by atoms with Gasteiger partial charge >= 0.3 is 0 Å². The number of hydrogen-bond donors (Lipinski definition) is 0. The molecule has 2 aliphatic rings. The van der Waals surface area contributed by atoms with Crippen molar-refractivity contribution < 1.29 is 19.1 Å². The van der Waals surface area contributed by atoms with Crippen LogP contribution in [0.2, 0.25) is 0 Å². The van der Waals surface area contributed by atoms with E-state index in [0.29, 0.717) is 31.0 Å². The fourth-order valence-electron chi connectivity index (χ4n) is 3.19. The molecule has 0 N–H and O–H groups in total. The average Bonchev–Trinajstić information content (AvgIpc) is 2.64. The van der Waals surface area contributed by atoms with Crippen LogP contribution in [0.1, 0.15) is 17.3 Å². The first kappa shape index (κ1) is 18.0.